The Hall–Kier alpha value is -1.68. The summed E-state index contributed by atoms with van der Waals surface area (Å²) in [7, 11) is 0. The number of halogens is 1. The molecule has 0 aliphatic heterocycles. The Bertz CT molecular complexity index is 640. The lowest BCUT2D eigenvalue weighted by Crippen LogP contribution is -1.88. The molecule has 0 N–H and O–H groups in total. The molecule has 0 atom stereocenters. The number of aromatic nitrogens is 2. The molecule has 0 fully saturated rings. The minimum absolute atomic E-state index is 0.245. The lowest BCUT2D eigenvalue weighted by molar-refractivity contribution is 0.618. The van der Waals surface area contributed by atoms with Crippen LogP contribution in [-0.2, 0) is 0 Å². The zero-order valence-electron chi connectivity index (χ0n) is 8.64. The molecule has 0 aliphatic rings. The van der Waals surface area contributed by atoms with E-state index >= 15 is 0 Å². The summed E-state index contributed by atoms with van der Waals surface area (Å²) < 4.78 is 14.9. The Morgan fingerprint density at radius 1 is 1.31 bits per heavy atom. The molecule has 3 heterocycles. The Labute approximate surface area is 96.0 Å². The summed E-state index contributed by atoms with van der Waals surface area (Å²) in [5, 5.41) is 2.01. The van der Waals surface area contributed by atoms with Crippen LogP contribution in [0.4, 0.5) is 4.39 Å². The highest BCUT2D eigenvalue weighted by molar-refractivity contribution is 7.13. The van der Waals surface area contributed by atoms with Crippen molar-refractivity contribution >= 4 is 17.0 Å². The van der Waals surface area contributed by atoms with E-state index in [1.165, 1.54) is 12.3 Å². The fourth-order valence-electron chi connectivity index (χ4n) is 1.78. The van der Waals surface area contributed by atoms with Crippen molar-refractivity contribution < 1.29 is 4.39 Å². The number of rotatable bonds is 1. The maximum Gasteiger partial charge on any atom is 0.139 e. The van der Waals surface area contributed by atoms with Gasteiger partial charge in [-0.15, -0.1) is 11.3 Å². The Kier molecular flexibility index (Phi) is 2.04. The van der Waals surface area contributed by atoms with Gasteiger partial charge in [-0.3, -0.25) is 0 Å². The van der Waals surface area contributed by atoms with E-state index in [9.17, 15) is 4.39 Å². The van der Waals surface area contributed by atoms with Gasteiger partial charge in [0.15, 0.2) is 0 Å². The zero-order chi connectivity index (χ0) is 11.1. The van der Waals surface area contributed by atoms with Gasteiger partial charge >= 0.3 is 0 Å². The highest BCUT2D eigenvalue weighted by atomic mass is 32.1. The molecule has 0 saturated heterocycles. The van der Waals surface area contributed by atoms with Crippen molar-refractivity contribution in [1.29, 1.82) is 0 Å². The van der Waals surface area contributed by atoms with Gasteiger partial charge in [0, 0.05) is 11.9 Å². The number of nitrogens with zero attached hydrogens (tertiary/aromatic N) is 2. The quantitative estimate of drug-likeness (QED) is 0.627. The summed E-state index contributed by atoms with van der Waals surface area (Å²) in [6, 6.07) is 7.14. The standard InChI is InChI=1S/C12H9FN2S/c1-8-12(10-3-2-6-16-10)14-11-5-4-9(13)7-15(8)11/h2-7H,1H3. The molecule has 3 aromatic rings. The summed E-state index contributed by atoms with van der Waals surface area (Å²) in [5.74, 6) is -0.245. The molecule has 16 heavy (non-hydrogen) atoms. The van der Waals surface area contributed by atoms with Crippen LogP contribution in [0, 0.1) is 12.7 Å². The number of thiophene rings is 1. The monoisotopic (exact) mass is 232 g/mol. The van der Waals surface area contributed by atoms with E-state index in [0.29, 0.717) is 0 Å². The molecule has 0 aromatic carbocycles. The smallest absolute Gasteiger partial charge is 0.139 e. The van der Waals surface area contributed by atoms with Crippen LogP contribution < -0.4 is 0 Å². The van der Waals surface area contributed by atoms with E-state index in [2.05, 4.69) is 4.98 Å². The molecule has 80 valence electrons. The van der Waals surface area contributed by atoms with Gasteiger partial charge in [-0.25, -0.2) is 9.37 Å². The molecule has 0 bridgehead atoms. The van der Waals surface area contributed by atoms with Gasteiger partial charge in [-0.05, 0) is 30.5 Å². The Morgan fingerprint density at radius 2 is 2.19 bits per heavy atom. The van der Waals surface area contributed by atoms with Crippen LogP contribution in [0.15, 0.2) is 35.8 Å². The van der Waals surface area contributed by atoms with Crippen molar-refractivity contribution in [2.45, 2.75) is 6.92 Å². The SMILES string of the molecule is Cc1c(-c2cccs2)nc2ccc(F)cn12. The average Bonchev–Trinajstić information content (AvgIpc) is 2.87. The largest absolute Gasteiger partial charge is 0.301 e. The van der Waals surface area contributed by atoms with E-state index in [4.69, 9.17) is 0 Å². The number of fused-ring (bicyclic) bond motifs is 1. The molecular formula is C12H9FN2S. The fraction of sp³-hybridized carbons (Fsp3) is 0.0833. The topological polar surface area (TPSA) is 17.3 Å². The van der Waals surface area contributed by atoms with E-state index in [-0.39, 0.29) is 5.82 Å². The maximum absolute atomic E-state index is 13.1. The number of hydrogen-bond donors (Lipinski definition) is 0. The highest BCUT2D eigenvalue weighted by Crippen LogP contribution is 2.27. The summed E-state index contributed by atoms with van der Waals surface area (Å²) in [6.07, 6.45) is 1.47. The van der Waals surface area contributed by atoms with Crippen molar-refractivity contribution in [3.8, 4) is 10.6 Å². The molecule has 0 aliphatic carbocycles. The van der Waals surface area contributed by atoms with Gasteiger partial charge in [0.2, 0.25) is 0 Å². The van der Waals surface area contributed by atoms with E-state index in [1.54, 1.807) is 21.8 Å². The third-order valence-corrected chi connectivity index (χ3v) is 3.45. The lowest BCUT2D eigenvalue weighted by Gasteiger charge is -1.96. The molecule has 0 saturated carbocycles. The van der Waals surface area contributed by atoms with Crippen molar-refractivity contribution in [2.24, 2.45) is 0 Å². The normalized spacial score (nSPS) is 11.1. The molecule has 3 aromatic heterocycles. The first kappa shape index (κ1) is 9.54. The van der Waals surface area contributed by atoms with E-state index in [0.717, 1.165) is 21.9 Å². The van der Waals surface area contributed by atoms with E-state index < -0.39 is 0 Å². The van der Waals surface area contributed by atoms with Gasteiger partial charge in [-0.1, -0.05) is 6.07 Å². The van der Waals surface area contributed by atoms with Crippen LogP contribution in [0.1, 0.15) is 5.69 Å². The average molecular weight is 232 g/mol. The predicted molar refractivity (Wildman–Crippen MR) is 63.2 cm³/mol. The van der Waals surface area contributed by atoms with Crippen LogP contribution in [0.5, 0.6) is 0 Å². The number of hydrogen-bond acceptors (Lipinski definition) is 2. The molecule has 4 heteroatoms. The molecular weight excluding hydrogens is 223 g/mol. The molecule has 0 unspecified atom stereocenters. The molecule has 3 rings (SSSR count). The summed E-state index contributed by atoms with van der Waals surface area (Å²) >= 11 is 1.64. The minimum Gasteiger partial charge on any atom is -0.301 e. The van der Waals surface area contributed by atoms with Gasteiger partial charge in [-0.2, -0.15) is 0 Å². The summed E-state index contributed by atoms with van der Waals surface area (Å²) in [5.41, 5.74) is 2.68. The number of imidazole rings is 1. The first-order valence-electron chi connectivity index (χ1n) is 4.94. The second-order valence-corrected chi connectivity index (χ2v) is 4.55. The van der Waals surface area contributed by atoms with Crippen LogP contribution in [0.2, 0.25) is 0 Å². The second kappa shape index (κ2) is 3.42. The highest BCUT2D eigenvalue weighted by Gasteiger charge is 2.11. The van der Waals surface area contributed by atoms with E-state index in [1.807, 2.05) is 24.4 Å². The fourth-order valence-corrected chi connectivity index (χ4v) is 2.55. The Balaban J connectivity index is 2.32. The zero-order valence-corrected chi connectivity index (χ0v) is 9.46. The first-order chi connectivity index (χ1) is 7.75. The van der Waals surface area contributed by atoms with Gasteiger partial charge in [0.05, 0.1) is 4.88 Å². The van der Waals surface area contributed by atoms with Crippen LogP contribution in [0.25, 0.3) is 16.2 Å². The molecule has 0 radical (unpaired) electrons. The third kappa shape index (κ3) is 1.34. The van der Waals surface area contributed by atoms with Crippen LogP contribution in [-0.4, -0.2) is 9.38 Å². The molecule has 2 nitrogen and oxygen atoms in total. The van der Waals surface area contributed by atoms with Gasteiger partial charge < -0.3 is 4.40 Å². The summed E-state index contributed by atoms with van der Waals surface area (Å²) in [6.45, 7) is 1.95. The van der Waals surface area contributed by atoms with Gasteiger partial charge in [0.25, 0.3) is 0 Å². The van der Waals surface area contributed by atoms with Gasteiger partial charge in [0.1, 0.15) is 17.2 Å². The van der Waals surface area contributed by atoms with Crippen LogP contribution in [0.3, 0.4) is 0 Å². The summed E-state index contributed by atoms with van der Waals surface area (Å²) in [4.78, 5) is 5.62. The number of aryl methyl sites for hydroxylation is 1. The predicted octanol–water partition coefficient (Wildman–Crippen LogP) is 3.51. The lowest BCUT2D eigenvalue weighted by atomic mass is 10.3. The van der Waals surface area contributed by atoms with Crippen molar-refractivity contribution in [3.63, 3.8) is 0 Å². The second-order valence-electron chi connectivity index (χ2n) is 3.60. The first-order valence-corrected chi connectivity index (χ1v) is 5.82. The van der Waals surface area contributed by atoms with Crippen LogP contribution >= 0.6 is 11.3 Å². The number of pyridine rings is 1. The van der Waals surface area contributed by atoms with Crippen molar-refractivity contribution in [3.05, 3.63) is 47.4 Å². The molecule has 0 spiro atoms. The van der Waals surface area contributed by atoms with Crippen molar-refractivity contribution in [2.75, 3.05) is 0 Å². The molecule has 0 amide bonds. The third-order valence-electron chi connectivity index (χ3n) is 2.58. The Morgan fingerprint density at radius 3 is 2.94 bits per heavy atom. The maximum atomic E-state index is 13.1. The van der Waals surface area contributed by atoms with Crippen molar-refractivity contribution in [1.82, 2.24) is 9.38 Å². The minimum atomic E-state index is -0.245.